The van der Waals surface area contributed by atoms with Gasteiger partial charge in [-0.3, -0.25) is 0 Å². The highest BCUT2D eigenvalue weighted by Crippen LogP contribution is 2.63. The summed E-state index contributed by atoms with van der Waals surface area (Å²) in [5, 5.41) is 9.39. The van der Waals surface area contributed by atoms with Gasteiger partial charge in [0.15, 0.2) is 0 Å². The molecule has 0 aromatic heterocycles. The normalized spacial score (nSPS) is 17.8. The molecule has 0 bridgehead atoms. The lowest BCUT2D eigenvalue weighted by atomic mass is 9.64. The zero-order chi connectivity index (χ0) is 29.6. The zero-order valence-electron chi connectivity index (χ0n) is 24.6. The molecule has 5 heteroatoms. The first-order valence-electron chi connectivity index (χ1n) is 14.8. The Bertz CT molecular complexity index is 1920. The number of fused-ring (bicyclic) bond motifs is 9. The first-order chi connectivity index (χ1) is 20.7. The van der Waals surface area contributed by atoms with Crippen LogP contribution in [0.15, 0.2) is 109 Å². The van der Waals surface area contributed by atoms with Crippen molar-refractivity contribution in [2.45, 2.75) is 44.3 Å². The van der Waals surface area contributed by atoms with E-state index in [-0.39, 0.29) is 0 Å². The summed E-state index contributed by atoms with van der Waals surface area (Å²) in [5.41, 5.74) is 9.14. The van der Waals surface area contributed by atoms with Crippen molar-refractivity contribution in [2.24, 2.45) is 0 Å². The zero-order valence-corrected chi connectivity index (χ0v) is 24.6. The Balaban J connectivity index is 1.42. The highest BCUT2D eigenvalue weighted by atomic mass is 16.7. The molecule has 3 aliphatic rings. The monoisotopic (exact) mass is 559 g/mol. The summed E-state index contributed by atoms with van der Waals surface area (Å²) in [4.78, 5) is 0. The molecule has 2 aliphatic heterocycles. The minimum Gasteiger partial charge on any atom is -0.456 e. The fraction of sp³-hybridized carbons (Fsp3) is 0.184. The highest BCUT2D eigenvalue weighted by Gasteiger charge is 2.54. The molecular formula is C38H30BNO3. The molecule has 5 aromatic carbocycles. The quantitative estimate of drug-likeness (QED) is 0.202. The van der Waals surface area contributed by atoms with Crippen LogP contribution in [0.5, 0.6) is 11.5 Å². The first kappa shape index (κ1) is 26.0. The summed E-state index contributed by atoms with van der Waals surface area (Å²) < 4.78 is 19.9. The molecule has 1 spiro atoms. The second-order valence-electron chi connectivity index (χ2n) is 12.7. The third-order valence-electron chi connectivity index (χ3n) is 9.84. The Kier molecular flexibility index (Phi) is 5.41. The van der Waals surface area contributed by atoms with Crippen LogP contribution in [-0.4, -0.2) is 18.3 Å². The van der Waals surface area contributed by atoms with Gasteiger partial charge >= 0.3 is 7.12 Å². The molecule has 1 aliphatic carbocycles. The van der Waals surface area contributed by atoms with E-state index in [2.05, 4.69) is 119 Å². The molecule has 0 saturated carbocycles. The number of nitrogens with zero attached hydrogens (tertiary/aromatic N) is 1. The largest absolute Gasteiger partial charge is 0.494 e. The van der Waals surface area contributed by atoms with Crippen LogP contribution in [-0.2, 0) is 14.7 Å². The second kappa shape index (κ2) is 8.94. The standard InChI is InChI=1S/C38H30BNO3/c1-36(2)37(3,4)43-39(42-36)26-20-21-34-33(22-26)38(30-13-7-5-10-28(30)29-11-6-8-14-31(29)38)32-15-9-12-27(35(32)41-34)25-18-16-24(23-40)17-19-25/h5-22H,1-4H3. The minimum atomic E-state index is -0.613. The van der Waals surface area contributed by atoms with E-state index < -0.39 is 23.7 Å². The molecule has 43 heavy (non-hydrogen) atoms. The molecule has 0 radical (unpaired) electrons. The fourth-order valence-corrected chi connectivity index (χ4v) is 7.02. The molecule has 8 rings (SSSR count). The number of hydrogen-bond donors (Lipinski definition) is 0. The lowest BCUT2D eigenvalue weighted by molar-refractivity contribution is 0.00578. The Hall–Kier alpha value is -4.63. The van der Waals surface area contributed by atoms with Gasteiger partial charge in [-0.15, -0.1) is 0 Å². The molecule has 0 N–H and O–H groups in total. The highest BCUT2D eigenvalue weighted by molar-refractivity contribution is 6.62. The number of hydrogen-bond acceptors (Lipinski definition) is 4. The number of benzene rings is 5. The lowest BCUT2D eigenvalue weighted by Gasteiger charge is -2.40. The molecule has 0 amide bonds. The van der Waals surface area contributed by atoms with Crippen LogP contribution in [0.2, 0.25) is 0 Å². The molecule has 1 saturated heterocycles. The molecule has 5 aromatic rings. The lowest BCUT2D eigenvalue weighted by Crippen LogP contribution is -2.41. The van der Waals surface area contributed by atoms with E-state index >= 15 is 0 Å². The van der Waals surface area contributed by atoms with E-state index in [0.29, 0.717) is 5.56 Å². The molecule has 0 atom stereocenters. The summed E-state index contributed by atoms with van der Waals surface area (Å²) in [6, 6.07) is 40.2. The van der Waals surface area contributed by atoms with Crippen molar-refractivity contribution < 1.29 is 14.0 Å². The van der Waals surface area contributed by atoms with Crippen LogP contribution >= 0.6 is 0 Å². The predicted molar refractivity (Wildman–Crippen MR) is 170 cm³/mol. The summed E-state index contributed by atoms with van der Waals surface area (Å²) in [6.07, 6.45) is 0. The summed E-state index contributed by atoms with van der Waals surface area (Å²) >= 11 is 0. The number of rotatable bonds is 2. The predicted octanol–water partition coefficient (Wildman–Crippen LogP) is 7.99. The average Bonchev–Trinajstić information content (AvgIpc) is 3.44. The van der Waals surface area contributed by atoms with Crippen LogP contribution in [0.4, 0.5) is 0 Å². The fourth-order valence-electron chi connectivity index (χ4n) is 7.02. The van der Waals surface area contributed by atoms with Gasteiger partial charge in [0.2, 0.25) is 0 Å². The van der Waals surface area contributed by atoms with Crippen molar-refractivity contribution in [3.63, 3.8) is 0 Å². The van der Waals surface area contributed by atoms with E-state index in [4.69, 9.17) is 14.0 Å². The molecule has 0 unspecified atom stereocenters. The molecule has 1 fully saturated rings. The summed E-state index contributed by atoms with van der Waals surface area (Å²) in [7, 11) is -0.495. The van der Waals surface area contributed by atoms with Gasteiger partial charge in [-0.2, -0.15) is 5.26 Å². The van der Waals surface area contributed by atoms with Crippen molar-refractivity contribution in [3.8, 4) is 39.8 Å². The second-order valence-corrected chi connectivity index (χ2v) is 12.7. The van der Waals surface area contributed by atoms with Gasteiger partial charge in [-0.25, -0.2) is 0 Å². The Morgan fingerprint density at radius 2 is 1.19 bits per heavy atom. The summed E-state index contributed by atoms with van der Waals surface area (Å²) in [6.45, 7) is 8.33. The van der Waals surface area contributed by atoms with E-state index in [0.717, 1.165) is 39.2 Å². The van der Waals surface area contributed by atoms with Gasteiger partial charge in [-0.05, 0) is 79.2 Å². The van der Waals surface area contributed by atoms with E-state index in [1.54, 1.807) is 0 Å². The minimum absolute atomic E-state index is 0.448. The van der Waals surface area contributed by atoms with Gasteiger partial charge in [0.05, 0.1) is 28.2 Å². The van der Waals surface area contributed by atoms with E-state index in [1.165, 1.54) is 22.3 Å². The van der Waals surface area contributed by atoms with Crippen molar-refractivity contribution >= 4 is 12.6 Å². The van der Waals surface area contributed by atoms with Gasteiger partial charge < -0.3 is 14.0 Å². The van der Waals surface area contributed by atoms with Crippen molar-refractivity contribution in [1.29, 1.82) is 5.26 Å². The van der Waals surface area contributed by atoms with Gasteiger partial charge in [0, 0.05) is 16.7 Å². The first-order valence-corrected chi connectivity index (χ1v) is 14.8. The van der Waals surface area contributed by atoms with Crippen molar-refractivity contribution in [1.82, 2.24) is 0 Å². The average molecular weight is 559 g/mol. The molecule has 4 nitrogen and oxygen atoms in total. The topological polar surface area (TPSA) is 51.5 Å². The smallest absolute Gasteiger partial charge is 0.456 e. The maximum atomic E-state index is 9.39. The van der Waals surface area contributed by atoms with Crippen LogP contribution in [0.1, 0.15) is 55.5 Å². The maximum absolute atomic E-state index is 9.39. The van der Waals surface area contributed by atoms with Crippen molar-refractivity contribution in [3.05, 3.63) is 137 Å². The molecule has 2 heterocycles. The van der Waals surface area contributed by atoms with Crippen molar-refractivity contribution in [2.75, 3.05) is 0 Å². The van der Waals surface area contributed by atoms with E-state index in [9.17, 15) is 5.26 Å². The molecular weight excluding hydrogens is 529 g/mol. The Morgan fingerprint density at radius 1 is 0.605 bits per heavy atom. The number of ether oxygens (including phenoxy) is 1. The SMILES string of the molecule is CC1(C)OB(c2ccc3c(c2)C2(c4ccccc4-c4ccccc42)c2cccc(-c4ccc(C#N)cc4)c2O3)OC1(C)C. The van der Waals surface area contributed by atoms with Crippen LogP contribution in [0, 0.1) is 11.3 Å². The Labute approximate surface area is 252 Å². The molecule has 208 valence electrons. The maximum Gasteiger partial charge on any atom is 0.494 e. The van der Waals surface area contributed by atoms with Gasteiger partial charge in [0.25, 0.3) is 0 Å². The van der Waals surface area contributed by atoms with Crippen LogP contribution in [0.25, 0.3) is 22.3 Å². The number of para-hydroxylation sites is 1. The van der Waals surface area contributed by atoms with Crippen LogP contribution in [0.3, 0.4) is 0 Å². The van der Waals surface area contributed by atoms with Crippen LogP contribution < -0.4 is 10.2 Å². The summed E-state index contributed by atoms with van der Waals surface area (Å²) in [5.74, 6) is 1.63. The van der Waals surface area contributed by atoms with Gasteiger partial charge in [-0.1, -0.05) is 91.0 Å². The van der Waals surface area contributed by atoms with E-state index in [1.807, 2.05) is 24.3 Å². The third kappa shape index (κ3) is 3.51. The number of nitriles is 1. The van der Waals surface area contributed by atoms with Gasteiger partial charge in [0.1, 0.15) is 11.5 Å². The Morgan fingerprint density at radius 3 is 1.81 bits per heavy atom. The third-order valence-corrected chi connectivity index (χ3v) is 9.84.